The van der Waals surface area contributed by atoms with Gasteiger partial charge in [-0.3, -0.25) is 14.2 Å². The van der Waals surface area contributed by atoms with Crippen molar-refractivity contribution in [2.24, 2.45) is 11.8 Å². The van der Waals surface area contributed by atoms with E-state index in [1.807, 2.05) is 6.92 Å². The number of nitrogens with zero attached hydrogens (tertiary/aromatic N) is 4. The monoisotopic (exact) mass is 475 g/mol. The molecule has 3 heterocycles. The Labute approximate surface area is 197 Å². The zero-order chi connectivity index (χ0) is 24.4. The van der Waals surface area contributed by atoms with E-state index in [1.54, 1.807) is 6.92 Å². The third kappa shape index (κ3) is 4.70. The topological polar surface area (TPSA) is 178 Å². The van der Waals surface area contributed by atoms with Crippen molar-refractivity contribution < 1.29 is 24.5 Å². The molecule has 0 bridgehead atoms. The summed E-state index contributed by atoms with van der Waals surface area (Å²) in [5.41, 5.74) is 6.87. The molecule has 0 spiro atoms. The molecule has 1 aliphatic carbocycles. The molecule has 12 heteroatoms. The minimum absolute atomic E-state index is 0.0522. The number of ether oxygens (including phenoxy) is 1. The molecule has 2 amide bonds. The molecule has 1 saturated heterocycles. The van der Waals surface area contributed by atoms with Gasteiger partial charge in [0.25, 0.3) is 5.91 Å². The molecular weight excluding hydrogens is 442 g/mol. The first-order chi connectivity index (χ1) is 16.3. The van der Waals surface area contributed by atoms with Gasteiger partial charge in [-0.15, -0.1) is 0 Å². The van der Waals surface area contributed by atoms with Crippen molar-refractivity contribution in [2.75, 3.05) is 18.8 Å². The van der Waals surface area contributed by atoms with E-state index in [0.29, 0.717) is 42.4 Å². The number of nitrogens with one attached hydrogen (secondary N) is 2. The van der Waals surface area contributed by atoms with Crippen LogP contribution in [-0.2, 0) is 20.7 Å². The maximum Gasteiger partial charge on any atom is 0.252 e. The Balaban J connectivity index is 1.51. The highest BCUT2D eigenvalue weighted by Gasteiger charge is 2.47. The first-order valence-electron chi connectivity index (χ1n) is 11.9. The lowest BCUT2D eigenvalue weighted by atomic mass is 9.80. The van der Waals surface area contributed by atoms with Crippen molar-refractivity contribution in [2.45, 2.75) is 70.5 Å². The lowest BCUT2D eigenvalue weighted by Gasteiger charge is -2.27. The van der Waals surface area contributed by atoms with Crippen molar-refractivity contribution in [3.63, 3.8) is 0 Å². The molecular formula is C22H33N7O5. The number of amides is 2. The normalized spacial score (nSPS) is 29.3. The van der Waals surface area contributed by atoms with E-state index in [1.165, 1.54) is 10.9 Å². The number of anilines is 1. The lowest BCUT2D eigenvalue weighted by molar-refractivity contribution is -0.137. The van der Waals surface area contributed by atoms with Gasteiger partial charge in [0.2, 0.25) is 5.91 Å². The predicted octanol–water partition coefficient (Wildman–Crippen LogP) is -0.351. The molecule has 0 aromatic carbocycles. The molecule has 2 aromatic heterocycles. The number of imidazole rings is 1. The van der Waals surface area contributed by atoms with Gasteiger partial charge < -0.3 is 31.3 Å². The van der Waals surface area contributed by atoms with Crippen molar-refractivity contribution >= 4 is 28.8 Å². The van der Waals surface area contributed by atoms with Crippen LogP contribution in [-0.4, -0.2) is 72.9 Å². The van der Waals surface area contributed by atoms with Gasteiger partial charge in [-0.2, -0.15) is 0 Å². The van der Waals surface area contributed by atoms with Crippen molar-refractivity contribution in [3.05, 3.63) is 12.2 Å². The predicted molar refractivity (Wildman–Crippen MR) is 122 cm³/mol. The smallest absolute Gasteiger partial charge is 0.252 e. The van der Waals surface area contributed by atoms with Gasteiger partial charge in [0.15, 0.2) is 23.8 Å². The molecule has 0 radical (unpaired) electrons. The Morgan fingerprint density at radius 2 is 1.76 bits per heavy atom. The quantitative estimate of drug-likeness (QED) is 0.358. The summed E-state index contributed by atoms with van der Waals surface area (Å²) in [7, 11) is 0. The Bertz CT molecular complexity index is 1040. The number of hydrogen-bond acceptors (Lipinski definition) is 9. The van der Waals surface area contributed by atoms with Crippen LogP contribution in [0.2, 0.25) is 0 Å². The number of carbonyl (C=O) groups is 2. The zero-order valence-electron chi connectivity index (χ0n) is 19.5. The fraction of sp³-hybridized carbons (Fsp3) is 0.682. The zero-order valence-corrected chi connectivity index (χ0v) is 19.5. The first kappa shape index (κ1) is 24.3. The van der Waals surface area contributed by atoms with Gasteiger partial charge in [-0.1, -0.05) is 0 Å². The highest BCUT2D eigenvalue weighted by Crippen LogP contribution is 2.34. The largest absolute Gasteiger partial charge is 0.387 e. The number of nitrogens with two attached hydrogens (primary N) is 1. The van der Waals surface area contributed by atoms with Crippen LogP contribution in [0, 0.1) is 11.8 Å². The first-order valence-corrected chi connectivity index (χ1v) is 11.9. The molecule has 2 aromatic rings. The summed E-state index contributed by atoms with van der Waals surface area (Å²) >= 11 is 0. The third-order valence-corrected chi connectivity index (χ3v) is 6.66. The second kappa shape index (κ2) is 10.2. The maximum absolute atomic E-state index is 12.2. The second-order valence-electron chi connectivity index (χ2n) is 8.99. The molecule has 6 N–H and O–H groups in total. The van der Waals surface area contributed by atoms with E-state index in [4.69, 9.17) is 10.5 Å². The molecule has 2 aliphatic rings. The van der Waals surface area contributed by atoms with Crippen LogP contribution in [0.5, 0.6) is 0 Å². The number of aromatic nitrogens is 4. The summed E-state index contributed by atoms with van der Waals surface area (Å²) in [5.74, 6) is 0.756. The second-order valence-corrected chi connectivity index (χ2v) is 8.99. The molecule has 12 nitrogen and oxygen atoms in total. The molecule has 4 rings (SSSR count). The molecule has 2 unspecified atom stereocenters. The van der Waals surface area contributed by atoms with Crippen molar-refractivity contribution in [1.29, 1.82) is 0 Å². The van der Waals surface area contributed by atoms with Gasteiger partial charge >= 0.3 is 0 Å². The Hall–Kier alpha value is -2.83. The van der Waals surface area contributed by atoms with Crippen molar-refractivity contribution in [1.82, 2.24) is 30.2 Å². The fourth-order valence-electron chi connectivity index (χ4n) is 4.85. The Morgan fingerprint density at radius 1 is 1.09 bits per heavy atom. The molecule has 2 fully saturated rings. The van der Waals surface area contributed by atoms with Crippen LogP contribution in [0.3, 0.4) is 0 Å². The van der Waals surface area contributed by atoms with E-state index in [9.17, 15) is 19.8 Å². The van der Waals surface area contributed by atoms with Gasteiger partial charge in [0.1, 0.15) is 23.5 Å². The number of nitrogen functional groups attached to an aromatic ring is 1. The number of hydrogen-bond donors (Lipinski definition) is 5. The van der Waals surface area contributed by atoms with Crippen LogP contribution in [0.1, 0.15) is 51.6 Å². The summed E-state index contributed by atoms with van der Waals surface area (Å²) in [6, 6.07) is 0. The van der Waals surface area contributed by atoms with Gasteiger partial charge in [-0.25, -0.2) is 15.0 Å². The summed E-state index contributed by atoms with van der Waals surface area (Å²) in [6.07, 6.45) is 0.449. The van der Waals surface area contributed by atoms with Crippen LogP contribution in [0.4, 0.5) is 5.82 Å². The molecule has 34 heavy (non-hydrogen) atoms. The van der Waals surface area contributed by atoms with E-state index in [2.05, 4.69) is 25.6 Å². The number of aliphatic hydroxyl groups is 2. The number of rotatable bonds is 7. The molecule has 4 atom stereocenters. The standard InChI is InChI=1S/C22H33N7O5/c1-3-24-20(32)12-7-5-11(6-8-12)9-13-27-18(23)14-19(28-13)29(10-26-14)22-16(31)15(30)17(34-22)21(33)25-4-2/h10-12,15-17,22,30-31H,3-9H2,1-2H3,(H,24,32)(H,25,33)(H2,23,27,28)/t11?,12?,15?,16?,17-,22+/m0/s1. The van der Waals surface area contributed by atoms with Gasteiger partial charge in [0, 0.05) is 25.4 Å². The number of likely N-dealkylation sites (N-methyl/N-ethyl adjacent to an activating group) is 1. The third-order valence-electron chi connectivity index (χ3n) is 6.66. The summed E-state index contributed by atoms with van der Waals surface area (Å²) in [4.78, 5) is 37.6. The van der Waals surface area contributed by atoms with Crippen LogP contribution in [0.15, 0.2) is 6.33 Å². The maximum atomic E-state index is 12.2. The van der Waals surface area contributed by atoms with E-state index >= 15 is 0 Å². The van der Waals surface area contributed by atoms with Crippen molar-refractivity contribution in [3.8, 4) is 0 Å². The number of aliphatic hydroxyl groups excluding tert-OH is 2. The Morgan fingerprint density at radius 3 is 2.44 bits per heavy atom. The minimum Gasteiger partial charge on any atom is -0.387 e. The number of fused-ring (bicyclic) bond motifs is 1. The highest BCUT2D eigenvalue weighted by molar-refractivity contribution is 5.83. The van der Waals surface area contributed by atoms with Gasteiger partial charge in [-0.05, 0) is 45.4 Å². The minimum atomic E-state index is -1.40. The summed E-state index contributed by atoms with van der Waals surface area (Å²) in [6.45, 7) is 4.69. The summed E-state index contributed by atoms with van der Waals surface area (Å²) in [5, 5.41) is 26.4. The van der Waals surface area contributed by atoms with Crippen LogP contribution in [0.25, 0.3) is 11.2 Å². The Kier molecular flexibility index (Phi) is 7.29. The van der Waals surface area contributed by atoms with E-state index in [-0.39, 0.29) is 17.6 Å². The van der Waals surface area contributed by atoms with Crippen LogP contribution >= 0.6 is 0 Å². The molecule has 186 valence electrons. The SMILES string of the molecule is CCNC(=O)C1CCC(Cc2nc(N)c3ncn([C@@H]4O[C@H](C(=O)NCC)C(O)C4O)c3n2)CC1. The van der Waals surface area contributed by atoms with E-state index < -0.39 is 30.4 Å². The highest BCUT2D eigenvalue weighted by atomic mass is 16.6. The average Bonchev–Trinajstić information content (AvgIpc) is 3.36. The molecule has 1 aliphatic heterocycles. The van der Waals surface area contributed by atoms with Crippen LogP contribution < -0.4 is 16.4 Å². The summed E-state index contributed by atoms with van der Waals surface area (Å²) < 4.78 is 7.19. The lowest BCUT2D eigenvalue weighted by Crippen LogP contribution is -2.42. The van der Waals surface area contributed by atoms with Gasteiger partial charge in [0.05, 0.1) is 6.33 Å². The van der Waals surface area contributed by atoms with E-state index in [0.717, 1.165) is 25.7 Å². The fourth-order valence-corrected chi connectivity index (χ4v) is 4.85. The average molecular weight is 476 g/mol. The molecule has 1 saturated carbocycles. The number of carbonyl (C=O) groups excluding carboxylic acids is 2.